The largest absolute Gasteiger partial charge is 0.385 e. The molecule has 0 atom stereocenters. The van der Waals surface area contributed by atoms with Crippen LogP contribution in [0.25, 0.3) is 0 Å². The predicted octanol–water partition coefficient (Wildman–Crippen LogP) is 3.68. The maximum Gasteiger partial charge on any atom is 0.321 e. The zero-order valence-electron chi connectivity index (χ0n) is 15.3. The van der Waals surface area contributed by atoms with Crippen molar-refractivity contribution in [3.63, 3.8) is 0 Å². The first-order valence-corrected chi connectivity index (χ1v) is 9.14. The third-order valence-electron chi connectivity index (χ3n) is 4.42. The Morgan fingerprint density at radius 1 is 1.08 bits per heavy atom. The van der Waals surface area contributed by atoms with E-state index in [1.165, 1.54) is 31.2 Å². The summed E-state index contributed by atoms with van der Waals surface area (Å²) in [6.45, 7) is 4.17. The van der Waals surface area contributed by atoms with E-state index in [1.54, 1.807) is 7.11 Å². The molecule has 2 rings (SSSR count). The standard InChI is InChI=1S/C19H31N3O2.ClH/c1-24-16-6-4-2-3-5-7-17-8-10-18(11-9-17)21-19(23)22-14-12-20-13-15-22;/h8-11,20H,2-7,12-16H2,1H3,(H,21,23);1H. The molecule has 1 saturated heterocycles. The molecule has 1 fully saturated rings. The fourth-order valence-corrected chi connectivity index (χ4v) is 2.93. The number of nitrogens with zero attached hydrogens (tertiary/aromatic N) is 1. The summed E-state index contributed by atoms with van der Waals surface area (Å²) in [6, 6.07) is 8.26. The van der Waals surface area contributed by atoms with E-state index in [4.69, 9.17) is 4.74 Å². The number of piperazine rings is 1. The van der Waals surface area contributed by atoms with E-state index < -0.39 is 0 Å². The third kappa shape index (κ3) is 8.56. The Labute approximate surface area is 157 Å². The van der Waals surface area contributed by atoms with Gasteiger partial charge in [0.1, 0.15) is 0 Å². The lowest BCUT2D eigenvalue weighted by atomic mass is 10.1. The van der Waals surface area contributed by atoms with E-state index in [0.29, 0.717) is 0 Å². The van der Waals surface area contributed by atoms with E-state index in [1.807, 2.05) is 17.0 Å². The number of nitrogens with one attached hydrogen (secondary N) is 2. The van der Waals surface area contributed by atoms with Gasteiger partial charge in [0.2, 0.25) is 0 Å². The highest BCUT2D eigenvalue weighted by atomic mass is 35.5. The summed E-state index contributed by atoms with van der Waals surface area (Å²) in [6.07, 6.45) is 7.30. The number of hydrogen-bond donors (Lipinski definition) is 2. The number of hydrogen-bond acceptors (Lipinski definition) is 3. The van der Waals surface area contributed by atoms with Crippen molar-refractivity contribution >= 4 is 24.1 Å². The number of unbranched alkanes of at least 4 members (excludes halogenated alkanes) is 4. The molecule has 142 valence electrons. The molecule has 25 heavy (non-hydrogen) atoms. The number of rotatable bonds is 9. The molecule has 0 aliphatic carbocycles. The van der Waals surface area contributed by atoms with Gasteiger partial charge in [-0.2, -0.15) is 0 Å². The molecule has 0 spiro atoms. The van der Waals surface area contributed by atoms with E-state index >= 15 is 0 Å². The van der Waals surface area contributed by atoms with Crippen LogP contribution in [-0.4, -0.2) is 50.8 Å². The van der Waals surface area contributed by atoms with E-state index in [2.05, 4.69) is 22.8 Å². The molecule has 0 unspecified atom stereocenters. The Balaban J connectivity index is 0.00000312. The molecule has 0 saturated carbocycles. The number of halogens is 1. The van der Waals surface area contributed by atoms with Crippen molar-refractivity contribution < 1.29 is 9.53 Å². The summed E-state index contributed by atoms with van der Waals surface area (Å²) in [5.74, 6) is 0. The first kappa shape index (κ1) is 21.7. The number of benzene rings is 1. The highest BCUT2D eigenvalue weighted by Crippen LogP contribution is 2.14. The summed E-state index contributed by atoms with van der Waals surface area (Å²) in [5, 5.41) is 6.23. The molecule has 0 radical (unpaired) electrons. The average Bonchev–Trinajstić information content (AvgIpc) is 2.63. The van der Waals surface area contributed by atoms with Crippen LogP contribution in [0.5, 0.6) is 0 Å². The highest BCUT2D eigenvalue weighted by molar-refractivity contribution is 5.89. The molecule has 1 heterocycles. The van der Waals surface area contributed by atoms with Crippen molar-refractivity contribution in [1.29, 1.82) is 0 Å². The number of ether oxygens (including phenoxy) is 1. The first-order valence-electron chi connectivity index (χ1n) is 9.14. The SMILES string of the molecule is COCCCCCCCc1ccc(NC(=O)N2CCNCC2)cc1.Cl. The minimum atomic E-state index is 0. The normalized spacial score (nSPS) is 14.0. The lowest BCUT2D eigenvalue weighted by Crippen LogP contribution is -2.48. The Bertz CT molecular complexity index is 476. The van der Waals surface area contributed by atoms with Gasteiger partial charge in [0.05, 0.1) is 0 Å². The van der Waals surface area contributed by atoms with Crippen LogP contribution in [0.15, 0.2) is 24.3 Å². The zero-order chi connectivity index (χ0) is 17.0. The quantitative estimate of drug-likeness (QED) is 0.653. The number of anilines is 1. The van der Waals surface area contributed by atoms with Crippen molar-refractivity contribution in [2.75, 3.05) is 45.2 Å². The van der Waals surface area contributed by atoms with Gasteiger partial charge in [0.25, 0.3) is 0 Å². The zero-order valence-corrected chi connectivity index (χ0v) is 16.1. The van der Waals surface area contributed by atoms with E-state index in [9.17, 15) is 4.79 Å². The topological polar surface area (TPSA) is 53.6 Å². The van der Waals surface area contributed by atoms with Gasteiger partial charge in [0.15, 0.2) is 0 Å². The van der Waals surface area contributed by atoms with E-state index in [-0.39, 0.29) is 18.4 Å². The van der Waals surface area contributed by atoms with Crippen molar-refractivity contribution in [1.82, 2.24) is 10.2 Å². The van der Waals surface area contributed by atoms with Gasteiger partial charge < -0.3 is 20.3 Å². The molecule has 6 heteroatoms. The second kappa shape index (κ2) is 13.0. The van der Waals surface area contributed by atoms with Gasteiger partial charge in [0, 0.05) is 45.6 Å². The van der Waals surface area contributed by atoms with Crippen LogP contribution in [0, 0.1) is 0 Å². The summed E-state index contributed by atoms with van der Waals surface area (Å²) < 4.78 is 5.06. The number of carbonyl (C=O) groups excluding carboxylic acids is 1. The van der Waals surface area contributed by atoms with Gasteiger partial charge in [-0.05, 0) is 37.0 Å². The molecule has 1 aliphatic heterocycles. The van der Waals surface area contributed by atoms with Crippen LogP contribution >= 0.6 is 12.4 Å². The highest BCUT2D eigenvalue weighted by Gasteiger charge is 2.15. The number of aryl methyl sites for hydroxylation is 1. The molecular weight excluding hydrogens is 338 g/mol. The number of amides is 2. The molecule has 0 aromatic heterocycles. The number of urea groups is 1. The summed E-state index contributed by atoms with van der Waals surface area (Å²) >= 11 is 0. The second-order valence-electron chi connectivity index (χ2n) is 6.37. The summed E-state index contributed by atoms with van der Waals surface area (Å²) in [4.78, 5) is 14.0. The molecule has 1 aliphatic rings. The van der Waals surface area contributed by atoms with Gasteiger partial charge >= 0.3 is 6.03 Å². The molecule has 1 aromatic rings. The van der Waals surface area contributed by atoms with Crippen LogP contribution < -0.4 is 10.6 Å². The van der Waals surface area contributed by atoms with Crippen molar-refractivity contribution in [3.8, 4) is 0 Å². The number of carbonyl (C=O) groups is 1. The van der Waals surface area contributed by atoms with Crippen LogP contribution in [0.3, 0.4) is 0 Å². The maximum absolute atomic E-state index is 12.1. The first-order chi connectivity index (χ1) is 11.8. The maximum atomic E-state index is 12.1. The van der Waals surface area contributed by atoms with Crippen LogP contribution in [0.4, 0.5) is 10.5 Å². The van der Waals surface area contributed by atoms with Crippen LogP contribution in [0.2, 0.25) is 0 Å². The van der Waals surface area contributed by atoms with E-state index in [0.717, 1.165) is 51.3 Å². The molecule has 0 bridgehead atoms. The summed E-state index contributed by atoms with van der Waals surface area (Å²) in [5.41, 5.74) is 2.22. The van der Waals surface area contributed by atoms with Crippen molar-refractivity contribution in [2.24, 2.45) is 0 Å². The fourth-order valence-electron chi connectivity index (χ4n) is 2.93. The van der Waals surface area contributed by atoms with Crippen LogP contribution in [-0.2, 0) is 11.2 Å². The van der Waals surface area contributed by atoms with Gasteiger partial charge in [-0.1, -0.05) is 31.4 Å². The molecule has 2 amide bonds. The van der Waals surface area contributed by atoms with Crippen LogP contribution in [0.1, 0.15) is 37.7 Å². The molecule has 1 aromatic carbocycles. The lowest BCUT2D eigenvalue weighted by Gasteiger charge is -2.27. The summed E-state index contributed by atoms with van der Waals surface area (Å²) in [7, 11) is 1.76. The molecule has 5 nitrogen and oxygen atoms in total. The monoisotopic (exact) mass is 369 g/mol. The Kier molecular flexibility index (Phi) is 11.3. The van der Waals surface area contributed by atoms with Crippen molar-refractivity contribution in [2.45, 2.75) is 38.5 Å². The smallest absolute Gasteiger partial charge is 0.321 e. The predicted molar refractivity (Wildman–Crippen MR) is 106 cm³/mol. The minimum Gasteiger partial charge on any atom is -0.385 e. The molecular formula is C19H32ClN3O2. The van der Waals surface area contributed by atoms with Gasteiger partial charge in [-0.15, -0.1) is 12.4 Å². The Morgan fingerprint density at radius 3 is 2.40 bits per heavy atom. The molecule has 2 N–H and O–H groups in total. The second-order valence-corrected chi connectivity index (χ2v) is 6.37. The van der Waals surface area contributed by atoms with Gasteiger partial charge in [-0.3, -0.25) is 0 Å². The van der Waals surface area contributed by atoms with Crippen molar-refractivity contribution in [3.05, 3.63) is 29.8 Å². The minimum absolute atomic E-state index is 0. The average molecular weight is 370 g/mol. The Morgan fingerprint density at radius 2 is 1.72 bits per heavy atom. The lowest BCUT2D eigenvalue weighted by molar-refractivity contribution is 0.192. The van der Waals surface area contributed by atoms with Gasteiger partial charge in [-0.25, -0.2) is 4.79 Å². The third-order valence-corrected chi connectivity index (χ3v) is 4.42. The fraction of sp³-hybridized carbons (Fsp3) is 0.632. The Hall–Kier alpha value is -1.30. The number of methoxy groups -OCH3 is 1.